The number of carbonyl (C=O) groups is 1. The highest BCUT2D eigenvalue weighted by Gasteiger charge is 2.42. The van der Waals surface area contributed by atoms with E-state index in [1.165, 1.54) is 13.8 Å². The Bertz CT molecular complexity index is 829. The maximum atomic E-state index is 12.6. The molecule has 0 bridgehead atoms. The number of rotatable bonds is 3. The van der Waals surface area contributed by atoms with Crippen LogP contribution in [0.3, 0.4) is 0 Å². The predicted octanol–water partition coefficient (Wildman–Crippen LogP) is 2.09. The quantitative estimate of drug-likeness (QED) is 0.920. The Morgan fingerprint density at radius 2 is 1.88 bits per heavy atom. The fraction of sp³-hybridized carbons (Fsp3) is 0.529. The number of amides is 1. The lowest BCUT2D eigenvalue weighted by atomic mass is 9.95. The van der Waals surface area contributed by atoms with Crippen LogP contribution < -0.4 is 0 Å². The highest BCUT2D eigenvalue weighted by atomic mass is 32.2. The van der Waals surface area contributed by atoms with Gasteiger partial charge in [-0.25, -0.2) is 13.4 Å². The first-order valence-corrected chi connectivity index (χ1v) is 10.0. The van der Waals surface area contributed by atoms with Crippen LogP contribution in [0.5, 0.6) is 0 Å². The maximum absolute atomic E-state index is 12.6. The van der Waals surface area contributed by atoms with Crippen molar-refractivity contribution in [2.45, 2.75) is 37.4 Å². The van der Waals surface area contributed by atoms with Crippen molar-refractivity contribution >= 4 is 26.8 Å². The monoisotopic (exact) mass is 349 g/mol. The van der Waals surface area contributed by atoms with E-state index in [0.29, 0.717) is 13.1 Å². The van der Waals surface area contributed by atoms with Gasteiger partial charge in [0.15, 0.2) is 9.84 Å². The van der Waals surface area contributed by atoms with Gasteiger partial charge >= 0.3 is 0 Å². The molecule has 1 amide bonds. The van der Waals surface area contributed by atoms with E-state index in [-0.39, 0.29) is 11.8 Å². The summed E-state index contributed by atoms with van der Waals surface area (Å²) in [7, 11) is -3.44. The van der Waals surface area contributed by atoms with Gasteiger partial charge in [-0.2, -0.15) is 0 Å². The van der Waals surface area contributed by atoms with Crippen LogP contribution >= 0.6 is 0 Å². The molecule has 2 heterocycles. The SMILES string of the molecule is CC(C)(C(=O)N1CCC(c2nc3ccccc3[nH]2)CC1)S(C)(=O)=O. The number of benzene rings is 1. The van der Waals surface area contributed by atoms with Gasteiger partial charge in [-0.3, -0.25) is 4.79 Å². The minimum atomic E-state index is -3.44. The Morgan fingerprint density at radius 3 is 2.46 bits per heavy atom. The molecule has 0 radical (unpaired) electrons. The third-order valence-electron chi connectivity index (χ3n) is 5.02. The molecule has 1 saturated heterocycles. The Hall–Kier alpha value is -1.89. The number of hydrogen-bond acceptors (Lipinski definition) is 4. The number of imidazole rings is 1. The maximum Gasteiger partial charge on any atom is 0.243 e. The molecular weight excluding hydrogens is 326 g/mol. The molecule has 1 N–H and O–H groups in total. The number of sulfone groups is 1. The normalized spacial score (nSPS) is 17.4. The van der Waals surface area contributed by atoms with Crippen LogP contribution in [0.1, 0.15) is 38.4 Å². The molecule has 1 aliphatic rings. The molecule has 1 aromatic carbocycles. The average Bonchev–Trinajstić information content (AvgIpc) is 2.97. The first-order valence-electron chi connectivity index (χ1n) is 8.14. The lowest BCUT2D eigenvalue weighted by Gasteiger charge is -2.35. The largest absolute Gasteiger partial charge is 0.342 e. The number of hydrogen-bond donors (Lipinski definition) is 1. The molecular formula is C17H23N3O3S. The molecule has 1 aromatic heterocycles. The van der Waals surface area contributed by atoms with Crippen LogP contribution in [0, 0.1) is 0 Å². The van der Waals surface area contributed by atoms with Gasteiger partial charge in [0, 0.05) is 25.3 Å². The second kappa shape index (κ2) is 5.88. The van der Waals surface area contributed by atoms with Crippen molar-refractivity contribution in [2.24, 2.45) is 0 Å². The van der Waals surface area contributed by atoms with Gasteiger partial charge in [0.05, 0.1) is 11.0 Å². The van der Waals surface area contributed by atoms with Gasteiger partial charge < -0.3 is 9.88 Å². The molecule has 0 unspecified atom stereocenters. The number of H-pyrrole nitrogens is 1. The minimum absolute atomic E-state index is 0.266. The van der Waals surface area contributed by atoms with E-state index in [1.807, 2.05) is 24.3 Å². The number of nitrogens with one attached hydrogen (secondary N) is 1. The van der Waals surface area contributed by atoms with Crippen molar-refractivity contribution in [1.29, 1.82) is 0 Å². The Labute approximate surface area is 142 Å². The third-order valence-corrected chi connectivity index (χ3v) is 7.05. The van der Waals surface area contributed by atoms with E-state index in [2.05, 4.69) is 9.97 Å². The van der Waals surface area contributed by atoms with Gasteiger partial charge in [0.2, 0.25) is 5.91 Å². The molecule has 6 nitrogen and oxygen atoms in total. The van der Waals surface area contributed by atoms with Gasteiger partial charge in [-0.1, -0.05) is 12.1 Å². The summed E-state index contributed by atoms with van der Waals surface area (Å²) in [4.78, 5) is 22.2. The standard InChI is InChI=1S/C17H23N3O3S/c1-17(2,24(3,22)23)16(21)20-10-8-12(9-11-20)15-18-13-6-4-5-7-14(13)19-15/h4-7,12H,8-11H2,1-3H3,(H,18,19). The molecule has 0 saturated carbocycles. The number of aromatic nitrogens is 2. The lowest BCUT2D eigenvalue weighted by molar-refractivity contribution is -0.134. The van der Waals surface area contributed by atoms with Crippen molar-refractivity contribution in [3.63, 3.8) is 0 Å². The van der Waals surface area contributed by atoms with E-state index in [9.17, 15) is 13.2 Å². The van der Waals surface area contributed by atoms with E-state index in [1.54, 1.807) is 4.90 Å². The van der Waals surface area contributed by atoms with Crippen LogP contribution in [-0.4, -0.2) is 53.3 Å². The Balaban J connectivity index is 1.70. The van der Waals surface area contributed by atoms with Gasteiger partial charge in [-0.15, -0.1) is 0 Å². The summed E-state index contributed by atoms with van der Waals surface area (Å²) < 4.78 is 22.3. The van der Waals surface area contributed by atoms with Gasteiger partial charge in [0.1, 0.15) is 10.6 Å². The topological polar surface area (TPSA) is 83.1 Å². The van der Waals surface area contributed by atoms with Crippen molar-refractivity contribution in [3.8, 4) is 0 Å². The average molecular weight is 349 g/mol. The predicted molar refractivity (Wildman–Crippen MR) is 93.6 cm³/mol. The summed E-state index contributed by atoms with van der Waals surface area (Å²) in [6.45, 7) is 4.07. The van der Waals surface area contributed by atoms with Crippen molar-refractivity contribution in [3.05, 3.63) is 30.1 Å². The van der Waals surface area contributed by atoms with Crippen molar-refractivity contribution in [2.75, 3.05) is 19.3 Å². The molecule has 0 spiro atoms. The van der Waals surface area contributed by atoms with Crippen molar-refractivity contribution in [1.82, 2.24) is 14.9 Å². The molecule has 0 aliphatic carbocycles. The van der Waals surface area contributed by atoms with E-state index >= 15 is 0 Å². The van der Waals surface area contributed by atoms with Crippen LogP contribution in [0.4, 0.5) is 0 Å². The van der Waals surface area contributed by atoms with Gasteiger partial charge in [-0.05, 0) is 38.8 Å². The highest BCUT2D eigenvalue weighted by Crippen LogP contribution is 2.29. The molecule has 130 valence electrons. The zero-order chi connectivity index (χ0) is 17.5. The highest BCUT2D eigenvalue weighted by molar-refractivity contribution is 7.92. The second-order valence-corrected chi connectivity index (χ2v) is 9.55. The van der Waals surface area contributed by atoms with Crippen molar-refractivity contribution < 1.29 is 13.2 Å². The summed E-state index contributed by atoms with van der Waals surface area (Å²) in [5, 5.41) is 0. The molecule has 24 heavy (non-hydrogen) atoms. The molecule has 0 atom stereocenters. The number of fused-ring (bicyclic) bond motifs is 1. The van der Waals surface area contributed by atoms with Crippen LogP contribution in [0.15, 0.2) is 24.3 Å². The van der Waals surface area contributed by atoms with Crippen LogP contribution in [0.25, 0.3) is 11.0 Å². The molecule has 2 aromatic rings. The second-order valence-electron chi connectivity index (χ2n) is 6.99. The first-order chi connectivity index (χ1) is 11.2. The summed E-state index contributed by atoms with van der Waals surface area (Å²) in [5.41, 5.74) is 1.97. The lowest BCUT2D eigenvalue weighted by Crippen LogP contribution is -2.51. The van der Waals surface area contributed by atoms with Crippen LogP contribution in [-0.2, 0) is 14.6 Å². The Morgan fingerprint density at radius 1 is 1.25 bits per heavy atom. The zero-order valence-corrected chi connectivity index (χ0v) is 15.1. The molecule has 1 aliphatic heterocycles. The molecule has 1 fully saturated rings. The molecule has 3 rings (SSSR count). The Kier molecular flexibility index (Phi) is 4.15. The first kappa shape index (κ1) is 17.0. The number of carbonyl (C=O) groups excluding carboxylic acids is 1. The van der Waals surface area contributed by atoms with Gasteiger partial charge in [0.25, 0.3) is 0 Å². The summed E-state index contributed by atoms with van der Waals surface area (Å²) in [5.74, 6) is 0.904. The van der Waals surface area contributed by atoms with E-state index in [0.717, 1.165) is 36.0 Å². The minimum Gasteiger partial charge on any atom is -0.342 e. The molecule has 7 heteroatoms. The number of nitrogens with zero attached hydrogens (tertiary/aromatic N) is 2. The van der Waals surface area contributed by atoms with E-state index in [4.69, 9.17) is 0 Å². The third kappa shape index (κ3) is 2.92. The fourth-order valence-electron chi connectivity index (χ4n) is 3.06. The summed E-state index contributed by atoms with van der Waals surface area (Å²) in [6.07, 6.45) is 2.68. The number of piperidine rings is 1. The number of aromatic amines is 1. The number of para-hydroxylation sites is 2. The smallest absolute Gasteiger partial charge is 0.243 e. The fourth-order valence-corrected chi connectivity index (χ4v) is 3.51. The zero-order valence-electron chi connectivity index (χ0n) is 14.2. The number of likely N-dealkylation sites (tertiary alicyclic amines) is 1. The van der Waals surface area contributed by atoms with E-state index < -0.39 is 14.6 Å². The summed E-state index contributed by atoms with van der Waals surface area (Å²) in [6, 6.07) is 7.90. The summed E-state index contributed by atoms with van der Waals surface area (Å²) >= 11 is 0. The van der Waals surface area contributed by atoms with Crippen LogP contribution in [0.2, 0.25) is 0 Å².